The Kier molecular flexibility index (Phi) is 2.31. The molecule has 3 rings (SSSR count). The Balaban J connectivity index is 2.13. The minimum absolute atomic E-state index is 0.195. The number of H-pyrrole nitrogens is 2. The average molecular weight is 246 g/mol. The van der Waals surface area contributed by atoms with E-state index in [9.17, 15) is 4.79 Å². The molecule has 0 saturated heterocycles. The van der Waals surface area contributed by atoms with Crippen LogP contribution in [0.3, 0.4) is 0 Å². The molecule has 0 aliphatic heterocycles. The van der Waals surface area contributed by atoms with E-state index < -0.39 is 0 Å². The molecule has 0 aliphatic rings. The number of benzene rings is 1. The highest BCUT2D eigenvalue weighted by Crippen LogP contribution is 2.25. The maximum atomic E-state index is 11.1. The van der Waals surface area contributed by atoms with Crippen LogP contribution in [-0.2, 0) is 6.54 Å². The van der Waals surface area contributed by atoms with Gasteiger partial charge in [-0.25, -0.2) is 9.78 Å². The SMILES string of the molecule is NCc1csc(-c2ccc3[nH]c(=O)[nH]c3c2)n1. The van der Waals surface area contributed by atoms with E-state index in [2.05, 4.69) is 15.0 Å². The van der Waals surface area contributed by atoms with E-state index in [-0.39, 0.29) is 5.69 Å². The van der Waals surface area contributed by atoms with Crippen LogP contribution in [0, 0.1) is 0 Å². The van der Waals surface area contributed by atoms with Crippen LogP contribution in [0.15, 0.2) is 28.4 Å². The van der Waals surface area contributed by atoms with Crippen molar-refractivity contribution >= 4 is 22.4 Å². The van der Waals surface area contributed by atoms with Crippen molar-refractivity contribution in [1.82, 2.24) is 15.0 Å². The van der Waals surface area contributed by atoms with Crippen LogP contribution in [0.25, 0.3) is 21.6 Å². The molecule has 0 fully saturated rings. The highest BCUT2D eigenvalue weighted by Gasteiger charge is 2.06. The van der Waals surface area contributed by atoms with Crippen molar-refractivity contribution in [3.05, 3.63) is 39.8 Å². The Morgan fingerprint density at radius 3 is 2.88 bits per heavy atom. The first-order chi connectivity index (χ1) is 8.26. The molecule has 17 heavy (non-hydrogen) atoms. The van der Waals surface area contributed by atoms with Gasteiger partial charge in [0.1, 0.15) is 5.01 Å². The van der Waals surface area contributed by atoms with Gasteiger partial charge in [0.05, 0.1) is 16.7 Å². The molecule has 2 heterocycles. The number of nitrogens with two attached hydrogens (primary N) is 1. The van der Waals surface area contributed by atoms with Crippen LogP contribution in [0.1, 0.15) is 5.69 Å². The second kappa shape index (κ2) is 3.83. The van der Waals surface area contributed by atoms with Gasteiger partial charge in [0.2, 0.25) is 0 Å². The lowest BCUT2D eigenvalue weighted by molar-refractivity contribution is 1.01. The van der Waals surface area contributed by atoms with Gasteiger partial charge in [-0.3, -0.25) is 0 Å². The fourth-order valence-corrected chi connectivity index (χ4v) is 2.53. The molecule has 4 N–H and O–H groups in total. The number of thiazole rings is 1. The summed E-state index contributed by atoms with van der Waals surface area (Å²) < 4.78 is 0. The Hall–Kier alpha value is -1.92. The molecule has 2 aromatic heterocycles. The summed E-state index contributed by atoms with van der Waals surface area (Å²) in [5.41, 5.74) is 8.79. The van der Waals surface area contributed by atoms with Crippen LogP contribution < -0.4 is 11.4 Å². The number of fused-ring (bicyclic) bond motifs is 1. The molecule has 0 unspecified atom stereocenters. The van der Waals surface area contributed by atoms with Crippen molar-refractivity contribution in [1.29, 1.82) is 0 Å². The van der Waals surface area contributed by atoms with Crippen LogP contribution in [0.2, 0.25) is 0 Å². The smallest absolute Gasteiger partial charge is 0.323 e. The molecule has 6 heteroatoms. The molecule has 0 amide bonds. The number of aromatic amines is 2. The second-order valence-electron chi connectivity index (χ2n) is 3.69. The van der Waals surface area contributed by atoms with Gasteiger partial charge in [-0.15, -0.1) is 11.3 Å². The zero-order valence-corrected chi connectivity index (χ0v) is 9.67. The third-order valence-electron chi connectivity index (χ3n) is 2.52. The van der Waals surface area contributed by atoms with Crippen molar-refractivity contribution in [3.63, 3.8) is 0 Å². The van der Waals surface area contributed by atoms with Crippen LogP contribution in [0.5, 0.6) is 0 Å². The fraction of sp³-hybridized carbons (Fsp3) is 0.0909. The average Bonchev–Trinajstić information content (AvgIpc) is 2.92. The van der Waals surface area contributed by atoms with E-state index in [1.807, 2.05) is 23.6 Å². The van der Waals surface area contributed by atoms with Gasteiger partial charge in [-0.2, -0.15) is 0 Å². The zero-order chi connectivity index (χ0) is 11.8. The van der Waals surface area contributed by atoms with Gasteiger partial charge in [-0.05, 0) is 18.2 Å². The normalized spacial score (nSPS) is 11.1. The molecule has 1 aromatic carbocycles. The molecular formula is C11H10N4OS. The van der Waals surface area contributed by atoms with Crippen molar-refractivity contribution in [2.75, 3.05) is 0 Å². The zero-order valence-electron chi connectivity index (χ0n) is 8.86. The molecule has 0 aliphatic carbocycles. The summed E-state index contributed by atoms with van der Waals surface area (Å²) in [5.74, 6) is 0. The number of nitrogens with zero attached hydrogens (tertiary/aromatic N) is 1. The molecule has 0 radical (unpaired) electrons. The maximum absolute atomic E-state index is 11.1. The quantitative estimate of drug-likeness (QED) is 0.639. The Labute approximate surface area is 100 Å². The summed E-state index contributed by atoms with van der Waals surface area (Å²) in [6, 6.07) is 5.71. The molecule has 0 spiro atoms. The van der Waals surface area contributed by atoms with Gasteiger partial charge in [0, 0.05) is 17.5 Å². The lowest BCUT2D eigenvalue weighted by Gasteiger charge is -1.96. The molecular weight excluding hydrogens is 236 g/mol. The highest BCUT2D eigenvalue weighted by atomic mass is 32.1. The Morgan fingerprint density at radius 2 is 2.12 bits per heavy atom. The number of rotatable bonds is 2. The van der Waals surface area contributed by atoms with Gasteiger partial charge >= 0.3 is 5.69 Å². The van der Waals surface area contributed by atoms with E-state index >= 15 is 0 Å². The van der Waals surface area contributed by atoms with Crippen LogP contribution >= 0.6 is 11.3 Å². The lowest BCUT2D eigenvalue weighted by atomic mass is 10.2. The standard InChI is InChI=1S/C11H10N4OS/c12-4-7-5-17-10(13-7)6-1-2-8-9(3-6)15-11(16)14-8/h1-3,5H,4,12H2,(H2,14,15,16). The summed E-state index contributed by atoms with van der Waals surface area (Å²) in [7, 11) is 0. The van der Waals surface area contributed by atoms with Crippen LogP contribution in [0.4, 0.5) is 0 Å². The predicted molar refractivity (Wildman–Crippen MR) is 67.9 cm³/mol. The van der Waals surface area contributed by atoms with Gasteiger partial charge in [0.15, 0.2) is 0 Å². The second-order valence-corrected chi connectivity index (χ2v) is 4.55. The van der Waals surface area contributed by atoms with Crippen molar-refractivity contribution in [2.24, 2.45) is 5.73 Å². The van der Waals surface area contributed by atoms with Crippen molar-refractivity contribution < 1.29 is 0 Å². The van der Waals surface area contributed by atoms with Gasteiger partial charge in [0.25, 0.3) is 0 Å². The van der Waals surface area contributed by atoms with E-state index in [1.54, 1.807) is 11.3 Å². The van der Waals surface area contributed by atoms with Gasteiger partial charge in [-0.1, -0.05) is 0 Å². The minimum atomic E-state index is -0.195. The number of aromatic nitrogens is 3. The Morgan fingerprint density at radius 1 is 1.29 bits per heavy atom. The summed E-state index contributed by atoms with van der Waals surface area (Å²) in [4.78, 5) is 21.0. The van der Waals surface area contributed by atoms with E-state index in [0.29, 0.717) is 6.54 Å². The topological polar surface area (TPSA) is 87.6 Å². The van der Waals surface area contributed by atoms with E-state index in [0.717, 1.165) is 27.3 Å². The monoisotopic (exact) mass is 246 g/mol. The number of nitrogens with one attached hydrogen (secondary N) is 2. The fourth-order valence-electron chi connectivity index (χ4n) is 1.70. The largest absolute Gasteiger partial charge is 0.325 e. The third-order valence-corrected chi connectivity index (χ3v) is 3.46. The lowest BCUT2D eigenvalue weighted by Crippen LogP contribution is -1.99. The molecule has 86 valence electrons. The molecule has 5 nitrogen and oxygen atoms in total. The summed E-state index contributed by atoms with van der Waals surface area (Å²) in [6.07, 6.45) is 0. The molecule has 0 atom stereocenters. The first-order valence-corrected chi connectivity index (χ1v) is 6.01. The van der Waals surface area contributed by atoms with E-state index in [4.69, 9.17) is 5.73 Å². The van der Waals surface area contributed by atoms with Crippen molar-refractivity contribution in [2.45, 2.75) is 6.54 Å². The summed E-state index contributed by atoms with van der Waals surface area (Å²) in [5, 5.41) is 2.86. The molecule has 0 bridgehead atoms. The number of imidazole rings is 1. The van der Waals surface area contributed by atoms with Gasteiger partial charge < -0.3 is 15.7 Å². The first kappa shape index (κ1) is 10.2. The van der Waals surface area contributed by atoms with Crippen LogP contribution in [-0.4, -0.2) is 15.0 Å². The predicted octanol–water partition coefficient (Wildman–Crippen LogP) is 1.44. The highest BCUT2D eigenvalue weighted by molar-refractivity contribution is 7.13. The van der Waals surface area contributed by atoms with Crippen molar-refractivity contribution in [3.8, 4) is 10.6 Å². The van der Waals surface area contributed by atoms with E-state index in [1.165, 1.54) is 0 Å². The minimum Gasteiger partial charge on any atom is -0.325 e. The Bertz CT molecular complexity index is 724. The number of hydrogen-bond donors (Lipinski definition) is 3. The molecule has 3 aromatic rings. The maximum Gasteiger partial charge on any atom is 0.323 e. The summed E-state index contributed by atoms with van der Waals surface area (Å²) >= 11 is 1.55. The molecule has 0 saturated carbocycles. The first-order valence-electron chi connectivity index (χ1n) is 5.13. The number of hydrogen-bond acceptors (Lipinski definition) is 4. The third kappa shape index (κ3) is 1.77. The summed E-state index contributed by atoms with van der Waals surface area (Å²) in [6.45, 7) is 0.444.